The minimum Gasteiger partial charge on any atom is -0.352 e. The summed E-state index contributed by atoms with van der Waals surface area (Å²) in [5, 5.41) is 15.3. The van der Waals surface area contributed by atoms with E-state index in [4.69, 9.17) is 0 Å². The van der Waals surface area contributed by atoms with E-state index in [9.17, 15) is 4.39 Å². The second-order valence-corrected chi connectivity index (χ2v) is 7.49. The number of hydrogen-bond donors (Lipinski definition) is 2. The number of guanidine groups is 1. The average molecular weight is 518 g/mol. The predicted octanol–water partition coefficient (Wildman–Crippen LogP) is 3.49. The summed E-state index contributed by atoms with van der Waals surface area (Å²) in [6, 6.07) is 4.94. The first-order valence-electron chi connectivity index (χ1n) is 9.33. The Morgan fingerprint density at radius 1 is 1.18 bits per heavy atom. The van der Waals surface area contributed by atoms with Crippen LogP contribution in [0.3, 0.4) is 0 Å². The van der Waals surface area contributed by atoms with Crippen molar-refractivity contribution in [2.75, 3.05) is 13.3 Å². The third-order valence-corrected chi connectivity index (χ3v) is 5.34. The predicted molar refractivity (Wildman–Crippen MR) is 124 cm³/mol. The van der Waals surface area contributed by atoms with Crippen molar-refractivity contribution in [3.05, 3.63) is 46.8 Å². The van der Waals surface area contributed by atoms with Gasteiger partial charge in [-0.1, -0.05) is 12.5 Å². The van der Waals surface area contributed by atoms with Gasteiger partial charge in [-0.15, -0.1) is 34.2 Å². The Morgan fingerprint density at radius 3 is 2.79 bits per heavy atom. The number of nitrogens with zero attached hydrogens (tertiary/aromatic N) is 4. The average Bonchev–Trinajstić information content (AvgIpc) is 2.90. The van der Waals surface area contributed by atoms with Gasteiger partial charge in [-0.05, 0) is 42.4 Å². The van der Waals surface area contributed by atoms with Crippen molar-refractivity contribution < 1.29 is 4.39 Å². The molecule has 0 saturated carbocycles. The number of fused-ring (bicyclic) bond motifs is 1. The van der Waals surface area contributed by atoms with Gasteiger partial charge in [-0.25, -0.2) is 4.39 Å². The van der Waals surface area contributed by atoms with Gasteiger partial charge in [0.2, 0.25) is 0 Å². The molecule has 0 bridgehead atoms. The minimum absolute atomic E-state index is 0. The van der Waals surface area contributed by atoms with Gasteiger partial charge in [0.25, 0.3) is 0 Å². The molecule has 154 valence electrons. The highest BCUT2D eigenvalue weighted by Crippen LogP contribution is 2.17. The molecule has 6 nitrogen and oxygen atoms in total. The molecule has 0 saturated heterocycles. The van der Waals surface area contributed by atoms with Crippen molar-refractivity contribution in [3.8, 4) is 0 Å². The van der Waals surface area contributed by atoms with Gasteiger partial charge in [-0.2, -0.15) is 11.8 Å². The Bertz CT molecular complexity index is 795. The SMILES string of the molecule is CN=C(NCc1ccc(F)cc1CSC)NCc1nnc2n1CCCCC2.I. The van der Waals surface area contributed by atoms with E-state index in [-0.39, 0.29) is 29.8 Å². The normalized spacial score (nSPS) is 14.0. The first-order valence-corrected chi connectivity index (χ1v) is 10.7. The summed E-state index contributed by atoms with van der Waals surface area (Å²) in [6.45, 7) is 2.15. The summed E-state index contributed by atoms with van der Waals surface area (Å²) in [5.41, 5.74) is 2.08. The Labute approximate surface area is 187 Å². The molecule has 2 heterocycles. The van der Waals surface area contributed by atoms with Crippen LogP contribution >= 0.6 is 35.7 Å². The molecule has 0 amide bonds. The summed E-state index contributed by atoms with van der Waals surface area (Å²) in [4.78, 5) is 4.28. The highest BCUT2D eigenvalue weighted by Gasteiger charge is 2.14. The number of aromatic nitrogens is 3. The van der Waals surface area contributed by atoms with Gasteiger partial charge in [0.15, 0.2) is 11.8 Å². The highest BCUT2D eigenvalue weighted by molar-refractivity contribution is 14.0. The lowest BCUT2D eigenvalue weighted by atomic mass is 10.1. The fourth-order valence-corrected chi connectivity index (χ4v) is 3.87. The van der Waals surface area contributed by atoms with E-state index in [1.165, 1.54) is 25.3 Å². The van der Waals surface area contributed by atoms with Crippen LogP contribution < -0.4 is 10.6 Å². The molecule has 0 atom stereocenters. The van der Waals surface area contributed by atoms with Gasteiger partial charge in [0, 0.05) is 32.3 Å². The first kappa shape index (κ1) is 22.9. The molecule has 3 rings (SSSR count). The topological polar surface area (TPSA) is 67.1 Å². The van der Waals surface area contributed by atoms with Crippen molar-refractivity contribution in [2.24, 2.45) is 4.99 Å². The molecule has 1 aliphatic rings. The lowest BCUT2D eigenvalue weighted by molar-refractivity contribution is 0.596. The van der Waals surface area contributed by atoms with E-state index in [0.29, 0.717) is 19.0 Å². The minimum atomic E-state index is -0.196. The van der Waals surface area contributed by atoms with Crippen LogP contribution in [0.5, 0.6) is 0 Å². The Balaban J connectivity index is 0.00000280. The number of rotatable bonds is 6. The largest absolute Gasteiger partial charge is 0.352 e. The molecule has 0 radical (unpaired) electrons. The van der Waals surface area contributed by atoms with Crippen molar-refractivity contribution >= 4 is 41.7 Å². The number of nitrogens with one attached hydrogen (secondary N) is 2. The first-order chi connectivity index (χ1) is 13.2. The fraction of sp³-hybridized carbons (Fsp3) is 0.526. The molecule has 0 unspecified atom stereocenters. The zero-order chi connectivity index (χ0) is 19.1. The number of aryl methyl sites for hydroxylation is 1. The van der Waals surface area contributed by atoms with E-state index in [2.05, 4.69) is 30.4 Å². The molecule has 1 aliphatic heterocycles. The molecule has 28 heavy (non-hydrogen) atoms. The van der Waals surface area contributed by atoms with Crippen LogP contribution in [0.15, 0.2) is 23.2 Å². The maximum Gasteiger partial charge on any atom is 0.191 e. The molecular formula is C19H28FIN6S. The van der Waals surface area contributed by atoms with Crippen LogP contribution in [0, 0.1) is 5.82 Å². The molecule has 0 spiro atoms. The van der Waals surface area contributed by atoms with E-state index in [1.807, 2.05) is 12.3 Å². The standard InChI is InChI=1S/C19H27FN6S.HI/c1-21-19(22-11-14-7-8-16(20)10-15(14)13-27-2)23-12-18-25-24-17-6-4-3-5-9-26(17)18;/h7-8,10H,3-6,9,11-13H2,1-2H3,(H2,21,22,23);1H. The second-order valence-electron chi connectivity index (χ2n) is 6.62. The van der Waals surface area contributed by atoms with Crippen LogP contribution in [-0.2, 0) is 31.8 Å². The van der Waals surface area contributed by atoms with Crippen LogP contribution in [0.25, 0.3) is 0 Å². The molecular weight excluding hydrogens is 490 g/mol. The molecule has 1 aromatic heterocycles. The van der Waals surface area contributed by atoms with E-state index >= 15 is 0 Å². The lowest BCUT2D eigenvalue weighted by Gasteiger charge is -2.14. The Morgan fingerprint density at radius 2 is 2.00 bits per heavy atom. The number of hydrogen-bond acceptors (Lipinski definition) is 4. The van der Waals surface area contributed by atoms with E-state index < -0.39 is 0 Å². The van der Waals surface area contributed by atoms with Crippen LogP contribution in [-0.4, -0.2) is 34.0 Å². The number of benzene rings is 1. The number of aliphatic imine (C=N–C) groups is 1. The summed E-state index contributed by atoms with van der Waals surface area (Å²) in [5.74, 6) is 3.31. The molecule has 1 aromatic carbocycles. The zero-order valence-corrected chi connectivity index (χ0v) is 19.5. The quantitative estimate of drug-likeness (QED) is 0.348. The smallest absolute Gasteiger partial charge is 0.191 e. The van der Waals surface area contributed by atoms with Crippen LogP contribution in [0.2, 0.25) is 0 Å². The fourth-order valence-electron chi connectivity index (χ4n) is 3.30. The Kier molecular flexibility index (Phi) is 9.49. The molecule has 9 heteroatoms. The zero-order valence-electron chi connectivity index (χ0n) is 16.4. The van der Waals surface area contributed by atoms with Crippen molar-refractivity contribution in [3.63, 3.8) is 0 Å². The van der Waals surface area contributed by atoms with Crippen molar-refractivity contribution in [2.45, 2.75) is 51.1 Å². The number of thioether (sulfide) groups is 1. The summed E-state index contributed by atoms with van der Waals surface area (Å²) in [6.07, 6.45) is 6.63. The maximum atomic E-state index is 13.5. The summed E-state index contributed by atoms with van der Waals surface area (Å²) in [7, 11) is 1.74. The second kappa shape index (κ2) is 11.6. The highest BCUT2D eigenvalue weighted by atomic mass is 127. The van der Waals surface area contributed by atoms with Gasteiger partial charge in [-0.3, -0.25) is 4.99 Å². The van der Waals surface area contributed by atoms with E-state index in [1.54, 1.807) is 24.9 Å². The molecule has 0 aliphatic carbocycles. The van der Waals surface area contributed by atoms with Gasteiger partial charge >= 0.3 is 0 Å². The monoisotopic (exact) mass is 518 g/mol. The third kappa shape index (κ3) is 6.07. The lowest BCUT2D eigenvalue weighted by Crippen LogP contribution is -2.37. The Hall–Kier alpha value is -1.36. The molecule has 0 fully saturated rings. The summed E-state index contributed by atoms with van der Waals surface area (Å²) < 4.78 is 15.7. The van der Waals surface area contributed by atoms with Crippen LogP contribution in [0.4, 0.5) is 4.39 Å². The van der Waals surface area contributed by atoms with Gasteiger partial charge in [0.05, 0.1) is 6.54 Å². The van der Waals surface area contributed by atoms with Gasteiger partial charge in [0.1, 0.15) is 11.6 Å². The van der Waals surface area contributed by atoms with Gasteiger partial charge < -0.3 is 15.2 Å². The maximum absolute atomic E-state index is 13.5. The van der Waals surface area contributed by atoms with Crippen molar-refractivity contribution in [1.29, 1.82) is 0 Å². The van der Waals surface area contributed by atoms with E-state index in [0.717, 1.165) is 41.5 Å². The third-order valence-electron chi connectivity index (χ3n) is 4.74. The summed E-state index contributed by atoms with van der Waals surface area (Å²) >= 11 is 1.68. The van der Waals surface area contributed by atoms with Crippen molar-refractivity contribution in [1.82, 2.24) is 25.4 Å². The molecule has 2 N–H and O–H groups in total. The van der Waals surface area contributed by atoms with Crippen LogP contribution in [0.1, 0.15) is 42.0 Å². The molecule has 2 aromatic rings. The number of halogens is 2.